The zero-order valence-corrected chi connectivity index (χ0v) is 10.7. The summed E-state index contributed by atoms with van der Waals surface area (Å²) < 4.78 is 5.20. The third-order valence-corrected chi connectivity index (χ3v) is 2.84. The highest BCUT2D eigenvalue weighted by molar-refractivity contribution is 5.97. The summed E-state index contributed by atoms with van der Waals surface area (Å²) >= 11 is 0. The molecule has 0 spiro atoms. The van der Waals surface area contributed by atoms with Crippen LogP contribution in [0.4, 0.5) is 0 Å². The van der Waals surface area contributed by atoms with Crippen molar-refractivity contribution < 1.29 is 9.53 Å². The number of methoxy groups -OCH3 is 1. The Morgan fingerprint density at radius 1 is 1.59 bits per heavy atom. The molecule has 1 fully saturated rings. The van der Waals surface area contributed by atoms with Gasteiger partial charge in [0, 0.05) is 20.2 Å². The first-order valence-electron chi connectivity index (χ1n) is 5.79. The Labute approximate surface area is 103 Å². The van der Waals surface area contributed by atoms with Crippen LogP contribution in [0.1, 0.15) is 26.7 Å². The molecule has 0 aromatic rings. The lowest BCUT2D eigenvalue weighted by Gasteiger charge is -2.27. The van der Waals surface area contributed by atoms with Crippen molar-refractivity contribution in [2.45, 2.75) is 32.3 Å². The van der Waals surface area contributed by atoms with E-state index in [1.54, 1.807) is 18.1 Å². The summed E-state index contributed by atoms with van der Waals surface area (Å²) in [5, 5.41) is 9.05. The van der Waals surface area contributed by atoms with Gasteiger partial charge in [-0.1, -0.05) is 0 Å². The third kappa shape index (κ3) is 3.86. The van der Waals surface area contributed by atoms with Gasteiger partial charge < -0.3 is 9.64 Å². The van der Waals surface area contributed by atoms with Gasteiger partial charge in [-0.25, -0.2) is 0 Å². The van der Waals surface area contributed by atoms with E-state index in [2.05, 4.69) is 6.42 Å². The molecule has 0 aromatic carbocycles. The number of hydrogen-bond acceptors (Lipinski definition) is 3. The molecule has 1 aliphatic heterocycles. The molecule has 1 heterocycles. The lowest BCUT2D eigenvalue weighted by molar-refractivity contribution is -0.127. The summed E-state index contributed by atoms with van der Waals surface area (Å²) in [6.45, 7) is 4.99. The molecule has 93 valence electrons. The van der Waals surface area contributed by atoms with Gasteiger partial charge in [0.25, 0.3) is 5.91 Å². The highest BCUT2D eigenvalue weighted by Crippen LogP contribution is 2.16. The predicted molar refractivity (Wildman–Crippen MR) is 64.9 cm³/mol. The Bertz CT molecular complexity index is 347. The van der Waals surface area contributed by atoms with Gasteiger partial charge >= 0.3 is 0 Å². The number of rotatable bonds is 3. The molecule has 1 rings (SSSR count). The second kappa shape index (κ2) is 5.83. The molecule has 1 aliphatic rings. The average Bonchev–Trinajstić information content (AvgIpc) is 2.36. The van der Waals surface area contributed by atoms with Crippen molar-refractivity contribution in [2.75, 3.05) is 20.2 Å². The van der Waals surface area contributed by atoms with Crippen LogP contribution in [0.25, 0.3) is 0 Å². The molecule has 17 heavy (non-hydrogen) atoms. The maximum absolute atomic E-state index is 12.1. The Balaban J connectivity index is 2.80. The number of carbonyl (C=O) groups is 1. The number of nitriles is 1. The number of hydrogen-bond donors (Lipinski definition) is 0. The van der Waals surface area contributed by atoms with Crippen LogP contribution < -0.4 is 0 Å². The lowest BCUT2D eigenvalue weighted by Crippen LogP contribution is -2.37. The summed E-state index contributed by atoms with van der Waals surface area (Å²) in [6.07, 6.45) is 5.67. The highest BCUT2D eigenvalue weighted by Gasteiger charge is 2.23. The largest absolute Gasteiger partial charge is 0.375 e. The van der Waals surface area contributed by atoms with E-state index in [1.165, 1.54) is 0 Å². The normalized spacial score (nSPS) is 17.8. The molecule has 0 saturated carbocycles. The maximum atomic E-state index is 12.1. The molecule has 0 N–H and O–H groups in total. The molecule has 0 aliphatic carbocycles. The fraction of sp³-hybridized carbons (Fsp3) is 0.615. The fourth-order valence-corrected chi connectivity index (χ4v) is 1.67. The Kier molecular flexibility index (Phi) is 4.71. The monoisotopic (exact) mass is 235 g/mol. The maximum Gasteiger partial charge on any atom is 0.264 e. The fourth-order valence-electron chi connectivity index (χ4n) is 1.67. The van der Waals surface area contributed by atoms with Crippen molar-refractivity contribution in [3.05, 3.63) is 18.1 Å². The zero-order chi connectivity index (χ0) is 12.9. The van der Waals surface area contributed by atoms with Crippen LogP contribution in [-0.4, -0.2) is 36.6 Å². The van der Waals surface area contributed by atoms with Gasteiger partial charge in [-0.2, -0.15) is 5.26 Å². The quantitative estimate of drug-likeness (QED) is 0.552. The van der Waals surface area contributed by atoms with Crippen LogP contribution in [0.3, 0.4) is 0 Å². The van der Waals surface area contributed by atoms with Gasteiger partial charge in [-0.05, 0) is 39.2 Å². The Morgan fingerprint density at radius 3 is 2.76 bits per heavy atom. The van der Waals surface area contributed by atoms with Gasteiger partial charge in [0.05, 0.1) is 5.60 Å². The lowest BCUT2D eigenvalue weighted by atomic mass is 10.0. The summed E-state index contributed by atoms with van der Waals surface area (Å²) in [6, 6.07) is 1.97. The number of ether oxygens (including phenoxy) is 1. The van der Waals surface area contributed by atoms with E-state index in [1.807, 2.05) is 19.9 Å². The highest BCUT2D eigenvalue weighted by atomic mass is 16.5. The van der Waals surface area contributed by atoms with Gasteiger partial charge in [0.1, 0.15) is 11.6 Å². The van der Waals surface area contributed by atoms with Crippen LogP contribution in [0.5, 0.6) is 0 Å². The molecular formula is C13H19N2O2. The molecule has 1 radical (unpaired) electrons. The Hall–Kier alpha value is -1.34. The first-order valence-corrected chi connectivity index (χ1v) is 5.79. The van der Waals surface area contributed by atoms with Crippen LogP contribution in [0.15, 0.2) is 11.6 Å². The number of piperidine rings is 1. The second-order valence-electron chi connectivity index (χ2n) is 4.66. The molecule has 4 heteroatoms. The predicted octanol–water partition coefficient (Wildman–Crippen LogP) is 1.69. The zero-order valence-electron chi connectivity index (χ0n) is 10.7. The van der Waals surface area contributed by atoms with E-state index in [9.17, 15) is 4.79 Å². The molecule has 0 aromatic heterocycles. The molecule has 0 bridgehead atoms. The molecule has 1 saturated heterocycles. The summed E-state index contributed by atoms with van der Waals surface area (Å²) in [5.74, 6) is -0.200. The first-order chi connectivity index (χ1) is 8.00. The van der Waals surface area contributed by atoms with Crippen LogP contribution in [0, 0.1) is 17.8 Å². The Morgan fingerprint density at radius 2 is 2.29 bits per heavy atom. The average molecular weight is 235 g/mol. The van der Waals surface area contributed by atoms with Crippen LogP contribution in [0.2, 0.25) is 0 Å². The molecule has 4 nitrogen and oxygen atoms in total. The minimum atomic E-state index is -0.597. The smallest absolute Gasteiger partial charge is 0.264 e. The molecule has 1 amide bonds. The van der Waals surface area contributed by atoms with Crippen molar-refractivity contribution >= 4 is 5.91 Å². The van der Waals surface area contributed by atoms with E-state index in [-0.39, 0.29) is 11.5 Å². The standard InChI is InChI=1S/C13H19N2O2/c1-13(2,17-3)9-11(10-14)12(16)15-7-5-4-6-8-15/h5,9H,4,6-8H2,1-3H3. The minimum absolute atomic E-state index is 0.159. The van der Waals surface area contributed by atoms with Gasteiger partial charge in [-0.15, -0.1) is 0 Å². The van der Waals surface area contributed by atoms with E-state index in [0.717, 1.165) is 19.4 Å². The molecule has 0 atom stereocenters. The van der Waals surface area contributed by atoms with Gasteiger partial charge in [0.15, 0.2) is 0 Å². The van der Waals surface area contributed by atoms with E-state index >= 15 is 0 Å². The second-order valence-corrected chi connectivity index (χ2v) is 4.66. The van der Waals surface area contributed by atoms with Gasteiger partial charge in [0.2, 0.25) is 0 Å². The van der Waals surface area contributed by atoms with Crippen molar-refractivity contribution in [1.82, 2.24) is 4.90 Å². The minimum Gasteiger partial charge on any atom is -0.375 e. The summed E-state index contributed by atoms with van der Waals surface area (Å²) in [5.41, 5.74) is -0.438. The van der Waals surface area contributed by atoms with E-state index in [0.29, 0.717) is 6.54 Å². The van der Waals surface area contributed by atoms with Crippen molar-refractivity contribution in [2.24, 2.45) is 0 Å². The molecule has 0 unspecified atom stereocenters. The number of amides is 1. The number of nitrogens with zero attached hydrogens (tertiary/aromatic N) is 2. The van der Waals surface area contributed by atoms with Crippen LogP contribution >= 0.6 is 0 Å². The van der Waals surface area contributed by atoms with E-state index in [4.69, 9.17) is 10.00 Å². The van der Waals surface area contributed by atoms with Crippen molar-refractivity contribution in [3.63, 3.8) is 0 Å². The molecular weight excluding hydrogens is 216 g/mol. The van der Waals surface area contributed by atoms with Crippen molar-refractivity contribution in [1.29, 1.82) is 5.26 Å². The SMILES string of the molecule is COC(C)(C)C=C(C#N)C(=O)N1C[CH]CCC1. The summed E-state index contributed by atoms with van der Waals surface area (Å²) in [7, 11) is 1.56. The van der Waals surface area contributed by atoms with Gasteiger partial charge in [-0.3, -0.25) is 4.79 Å². The van der Waals surface area contributed by atoms with E-state index < -0.39 is 5.60 Å². The first kappa shape index (κ1) is 13.7. The number of likely N-dealkylation sites (tertiary alicyclic amines) is 1. The summed E-state index contributed by atoms with van der Waals surface area (Å²) in [4.78, 5) is 13.8. The third-order valence-electron chi connectivity index (χ3n) is 2.84. The van der Waals surface area contributed by atoms with Crippen molar-refractivity contribution in [3.8, 4) is 6.07 Å². The van der Waals surface area contributed by atoms with Crippen LogP contribution in [-0.2, 0) is 9.53 Å². The topological polar surface area (TPSA) is 53.3 Å². The number of carbonyl (C=O) groups excluding carboxylic acids is 1.